The number of aromatic nitrogens is 3. The van der Waals surface area contributed by atoms with Gasteiger partial charge in [0.15, 0.2) is 17.1 Å². The van der Waals surface area contributed by atoms with Gasteiger partial charge in [0, 0.05) is 11.4 Å². The van der Waals surface area contributed by atoms with Crippen LogP contribution < -0.4 is 5.32 Å². The lowest BCUT2D eigenvalue weighted by molar-refractivity contribution is -0.0769. The molecule has 0 spiro atoms. The van der Waals surface area contributed by atoms with Crippen molar-refractivity contribution in [1.29, 1.82) is 0 Å². The van der Waals surface area contributed by atoms with E-state index >= 15 is 0 Å². The van der Waals surface area contributed by atoms with Crippen LogP contribution >= 0.6 is 11.3 Å². The Labute approximate surface area is 144 Å². The van der Waals surface area contributed by atoms with Crippen LogP contribution in [0.25, 0.3) is 0 Å². The van der Waals surface area contributed by atoms with E-state index in [1.807, 2.05) is 20.8 Å². The number of nitrogens with zero attached hydrogens (tertiary/aromatic N) is 4. The number of anilines is 1. The van der Waals surface area contributed by atoms with Gasteiger partial charge in [0.1, 0.15) is 0 Å². The third kappa shape index (κ3) is 3.57. The third-order valence-electron chi connectivity index (χ3n) is 3.81. The van der Waals surface area contributed by atoms with E-state index in [-0.39, 0.29) is 12.1 Å². The summed E-state index contributed by atoms with van der Waals surface area (Å²) in [5, 5.41) is 7.28. The van der Waals surface area contributed by atoms with Crippen LogP contribution in [0.15, 0.2) is 4.52 Å². The van der Waals surface area contributed by atoms with Crippen LogP contribution in [0.4, 0.5) is 9.93 Å². The molecule has 0 aliphatic carbocycles. The fourth-order valence-electron chi connectivity index (χ4n) is 2.68. The lowest BCUT2D eigenvalue weighted by Gasteiger charge is -2.34. The summed E-state index contributed by atoms with van der Waals surface area (Å²) in [7, 11) is 0. The average Bonchev–Trinajstić information content (AvgIpc) is 3.12. The van der Waals surface area contributed by atoms with Crippen LogP contribution in [0.3, 0.4) is 0 Å². The topological polar surface area (TPSA) is 93.4 Å². The normalized spacial score (nSPS) is 21.1. The Bertz CT molecular complexity index is 729. The van der Waals surface area contributed by atoms with Gasteiger partial charge in [-0.3, -0.25) is 5.32 Å². The molecule has 2 atom stereocenters. The first-order chi connectivity index (χ1) is 11.5. The van der Waals surface area contributed by atoms with Crippen molar-refractivity contribution >= 4 is 22.5 Å². The molecule has 1 aliphatic heterocycles. The van der Waals surface area contributed by atoms with E-state index in [0.29, 0.717) is 29.9 Å². The molecule has 0 bridgehead atoms. The molecule has 2 amide bonds. The number of hydrogen-bond donors (Lipinski definition) is 1. The Hall–Kier alpha value is -2.00. The molecular weight excluding hydrogens is 330 g/mol. The summed E-state index contributed by atoms with van der Waals surface area (Å²) >= 11 is 1.49. The van der Waals surface area contributed by atoms with Crippen LogP contribution in [-0.2, 0) is 11.2 Å². The fourth-order valence-corrected chi connectivity index (χ4v) is 3.57. The Morgan fingerprint density at radius 2 is 2.17 bits per heavy atom. The Morgan fingerprint density at radius 3 is 2.79 bits per heavy atom. The van der Waals surface area contributed by atoms with Crippen molar-refractivity contribution in [1.82, 2.24) is 20.0 Å². The molecule has 0 radical (unpaired) electrons. The molecule has 2 aromatic rings. The number of morpholine rings is 1. The molecule has 1 saturated heterocycles. The van der Waals surface area contributed by atoms with Gasteiger partial charge in [0.05, 0.1) is 18.3 Å². The van der Waals surface area contributed by atoms with Gasteiger partial charge in [-0.1, -0.05) is 12.1 Å². The second-order valence-electron chi connectivity index (χ2n) is 5.83. The van der Waals surface area contributed by atoms with E-state index in [0.717, 1.165) is 17.0 Å². The van der Waals surface area contributed by atoms with Gasteiger partial charge in [0.25, 0.3) is 5.89 Å². The molecule has 130 valence electrons. The molecule has 0 aromatic carbocycles. The first-order valence-corrected chi connectivity index (χ1v) is 8.75. The molecule has 1 fully saturated rings. The van der Waals surface area contributed by atoms with Crippen molar-refractivity contribution in [3.05, 3.63) is 22.3 Å². The number of urea groups is 1. The second-order valence-corrected chi connectivity index (χ2v) is 7.03. The minimum Gasteiger partial charge on any atom is -0.362 e. The smallest absolute Gasteiger partial charge is 0.323 e. The zero-order valence-corrected chi connectivity index (χ0v) is 15.0. The summed E-state index contributed by atoms with van der Waals surface area (Å²) in [6.07, 6.45) is 0.321. The number of rotatable bonds is 3. The molecule has 1 aliphatic rings. The molecule has 9 heteroatoms. The third-order valence-corrected chi connectivity index (χ3v) is 4.74. The standard InChI is InChI=1S/C15H21N5O3S/c1-5-11-9(3)24-14(17-11)18-15(21)20-6-8(2)22-12(7-20)13-16-10(4)19-23-13/h8,12H,5-7H2,1-4H3,(H,17,18,21)/t8-,12-/m1/s1. The van der Waals surface area contributed by atoms with Gasteiger partial charge in [-0.2, -0.15) is 4.98 Å². The summed E-state index contributed by atoms with van der Waals surface area (Å²) in [5.41, 5.74) is 1.02. The fraction of sp³-hybridized carbons (Fsp3) is 0.600. The van der Waals surface area contributed by atoms with Gasteiger partial charge >= 0.3 is 6.03 Å². The highest BCUT2D eigenvalue weighted by molar-refractivity contribution is 7.15. The summed E-state index contributed by atoms with van der Waals surface area (Å²) < 4.78 is 11.0. The molecule has 0 unspecified atom stereocenters. The number of thiazole rings is 1. The molecule has 3 heterocycles. The second kappa shape index (κ2) is 6.86. The zero-order valence-electron chi connectivity index (χ0n) is 14.2. The van der Waals surface area contributed by atoms with Crippen molar-refractivity contribution in [2.75, 3.05) is 18.4 Å². The average molecular weight is 351 g/mol. The maximum atomic E-state index is 12.6. The molecule has 24 heavy (non-hydrogen) atoms. The maximum Gasteiger partial charge on any atom is 0.323 e. The van der Waals surface area contributed by atoms with Crippen LogP contribution in [-0.4, -0.2) is 45.2 Å². The van der Waals surface area contributed by atoms with E-state index < -0.39 is 6.10 Å². The molecule has 3 rings (SSSR count). The van der Waals surface area contributed by atoms with Crippen molar-refractivity contribution in [2.24, 2.45) is 0 Å². The van der Waals surface area contributed by atoms with Crippen LogP contribution in [0.5, 0.6) is 0 Å². The number of amides is 2. The zero-order chi connectivity index (χ0) is 17.3. The Morgan fingerprint density at radius 1 is 1.38 bits per heavy atom. The first-order valence-electron chi connectivity index (χ1n) is 7.94. The SMILES string of the molecule is CCc1nc(NC(=O)N2C[C@@H](C)O[C@@H](c3nc(C)no3)C2)sc1C. The van der Waals surface area contributed by atoms with Crippen molar-refractivity contribution in [3.8, 4) is 0 Å². The quantitative estimate of drug-likeness (QED) is 0.914. The van der Waals surface area contributed by atoms with Crippen LogP contribution in [0, 0.1) is 13.8 Å². The van der Waals surface area contributed by atoms with E-state index in [1.54, 1.807) is 11.8 Å². The number of carbonyl (C=O) groups is 1. The van der Waals surface area contributed by atoms with Crippen molar-refractivity contribution in [3.63, 3.8) is 0 Å². The highest BCUT2D eigenvalue weighted by Crippen LogP contribution is 2.26. The van der Waals surface area contributed by atoms with Gasteiger partial charge < -0.3 is 14.2 Å². The van der Waals surface area contributed by atoms with E-state index in [9.17, 15) is 4.79 Å². The first kappa shape index (κ1) is 16.8. The number of nitrogens with one attached hydrogen (secondary N) is 1. The minimum atomic E-state index is -0.412. The highest BCUT2D eigenvalue weighted by atomic mass is 32.1. The molecular formula is C15H21N5O3S. The van der Waals surface area contributed by atoms with Gasteiger partial charge in [-0.15, -0.1) is 11.3 Å². The highest BCUT2D eigenvalue weighted by Gasteiger charge is 2.33. The summed E-state index contributed by atoms with van der Waals surface area (Å²) in [5.74, 6) is 0.948. The Kier molecular flexibility index (Phi) is 4.81. The van der Waals surface area contributed by atoms with Crippen molar-refractivity contribution in [2.45, 2.75) is 46.3 Å². The minimum absolute atomic E-state index is 0.120. The van der Waals surface area contributed by atoms with E-state index in [1.165, 1.54) is 11.3 Å². The molecule has 0 saturated carbocycles. The molecule has 1 N–H and O–H groups in total. The van der Waals surface area contributed by atoms with E-state index in [4.69, 9.17) is 9.26 Å². The number of aryl methyl sites for hydroxylation is 3. The van der Waals surface area contributed by atoms with Crippen LogP contribution in [0.2, 0.25) is 0 Å². The lowest BCUT2D eigenvalue weighted by atomic mass is 10.2. The van der Waals surface area contributed by atoms with Gasteiger partial charge in [-0.25, -0.2) is 9.78 Å². The number of ether oxygens (including phenoxy) is 1. The Balaban J connectivity index is 1.69. The van der Waals surface area contributed by atoms with Gasteiger partial charge in [0.2, 0.25) is 0 Å². The van der Waals surface area contributed by atoms with Gasteiger partial charge in [-0.05, 0) is 27.2 Å². The molecule has 2 aromatic heterocycles. The van der Waals surface area contributed by atoms with Crippen molar-refractivity contribution < 1.29 is 14.1 Å². The summed E-state index contributed by atoms with van der Waals surface area (Å²) in [6, 6.07) is -0.192. The predicted molar refractivity (Wildman–Crippen MR) is 89.1 cm³/mol. The number of carbonyl (C=O) groups excluding carboxylic acids is 1. The number of hydrogen-bond acceptors (Lipinski definition) is 7. The largest absolute Gasteiger partial charge is 0.362 e. The molecule has 8 nitrogen and oxygen atoms in total. The lowest BCUT2D eigenvalue weighted by Crippen LogP contribution is -2.47. The summed E-state index contributed by atoms with van der Waals surface area (Å²) in [4.78, 5) is 24.0. The monoisotopic (exact) mass is 351 g/mol. The summed E-state index contributed by atoms with van der Waals surface area (Å²) in [6.45, 7) is 8.59. The van der Waals surface area contributed by atoms with Crippen LogP contribution in [0.1, 0.15) is 42.2 Å². The predicted octanol–water partition coefficient (Wildman–Crippen LogP) is 2.70. The van der Waals surface area contributed by atoms with E-state index in [2.05, 4.69) is 20.4 Å². The maximum absolute atomic E-state index is 12.6.